The number of nitrogens with zero attached hydrogens (tertiary/aromatic N) is 1. The number of aliphatic imine (C=N–C) groups is 1. The van der Waals surface area contributed by atoms with Gasteiger partial charge in [0.15, 0.2) is 17.2 Å². The third kappa shape index (κ3) is 4.94. The van der Waals surface area contributed by atoms with Crippen LogP contribution in [0.2, 0.25) is 5.02 Å². The SMILES string of the molecule is COc1ccc(C(=O)Oc2ccc(/C=C3\N=C(c4ccc(C)c(Cl)c4)OC3=O)cc2OC)cc1. The highest BCUT2D eigenvalue weighted by Crippen LogP contribution is 2.31. The first-order valence-corrected chi connectivity index (χ1v) is 10.6. The molecule has 3 aromatic carbocycles. The summed E-state index contributed by atoms with van der Waals surface area (Å²) < 4.78 is 21.2. The Morgan fingerprint density at radius 1 is 0.971 bits per heavy atom. The molecule has 0 aromatic heterocycles. The number of hydrogen-bond acceptors (Lipinski definition) is 7. The highest BCUT2D eigenvalue weighted by atomic mass is 35.5. The van der Waals surface area contributed by atoms with Crippen molar-refractivity contribution < 1.29 is 28.5 Å². The molecule has 0 spiro atoms. The summed E-state index contributed by atoms with van der Waals surface area (Å²) in [4.78, 5) is 29.1. The number of cyclic esters (lactones) is 1. The molecule has 8 heteroatoms. The van der Waals surface area contributed by atoms with Gasteiger partial charge in [0.2, 0.25) is 5.90 Å². The minimum Gasteiger partial charge on any atom is -0.497 e. The van der Waals surface area contributed by atoms with Crippen molar-refractivity contribution in [2.45, 2.75) is 6.92 Å². The van der Waals surface area contributed by atoms with Crippen LogP contribution in [0.5, 0.6) is 17.2 Å². The van der Waals surface area contributed by atoms with Crippen molar-refractivity contribution in [3.63, 3.8) is 0 Å². The zero-order chi connectivity index (χ0) is 24.2. The number of benzene rings is 3. The molecule has 1 aliphatic rings. The van der Waals surface area contributed by atoms with Crippen LogP contribution in [-0.2, 0) is 9.53 Å². The van der Waals surface area contributed by atoms with Gasteiger partial charge in [-0.15, -0.1) is 0 Å². The monoisotopic (exact) mass is 477 g/mol. The standard InChI is InChI=1S/C26H20ClNO6/c1-15-4-6-18(14-20(15)27)24-28-21(26(30)34-24)12-16-5-11-22(23(13-16)32-3)33-25(29)17-7-9-19(31-2)10-8-17/h4-14H,1-3H3/b21-12-. The fraction of sp³-hybridized carbons (Fsp3) is 0.115. The van der Waals surface area contributed by atoms with E-state index in [9.17, 15) is 9.59 Å². The lowest BCUT2D eigenvalue weighted by Crippen LogP contribution is -2.09. The zero-order valence-corrected chi connectivity index (χ0v) is 19.4. The quantitative estimate of drug-likeness (QED) is 0.274. The van der Waals surface area contributed by atoms with Gasteiger partial charge in [-0.25, -0.2) is 14.6 Å². The van der Waals surface area contributed by atoms with Gasteiger partial charge in [-0.3, -0.25) is 0 Å². The highest BCUT2D eigenvalue weighted by Gasteiger charge is 2.24. The lowest BCUT2D eigenvalue weighted by atomic mass is 10.1. The molecule has 0 bridgehead atoms. The summed E-state index contributed by atoms with van der Waals surface area (Å²) in [6.07, 6.45) is 1.56. The Hall–Kier alpha value is -4.10. The normalized spacial score (nSPS) is 13.9. The van der Waals surface area contributed by atoms with Gasteiger partial charge in [0.1, 0.15) is 5.75 Å². The average Bonchev–Trinajstić information content (AvgIpc) is 3.21. The predicted molar refractivity (Wildman–Crippen MR) is 128 cm³/mol. The van der Waals surface area contributed by atoms with Crippen LogP contribution in [0.1, 0.15) is 27.0 Å². The molecule has 0 amide bonds. The number of ether oxygens (including phenoxy) is 4. The first kappa shape index (κ1) is 23.1. The molecule has 172 valence electrons. The molecule has 0 fully saturated rings. The van der Waals surface area contributed by atoms with Crippen LogP contribution < -0.4 is 14.2 Å². The third-order valence-corrected chi connectivity index (χ3v) is 5.47. The molecule has 7 nitrogen and oxygen atoms in total. The average molecular weight is 478 g/mol. The Kier molecular flexibility index (Phi) is 6.65. The number of methoxy groups -OCH3 is 2. The molecule has 0 N–H and O–H groups in total. The van der Waals surface area contributed by atoms with E-state index in [0.29, 0.717) is 33.2 Å². The van der Waals surface area contributed by atoms with Crippen LogP contribution in [0.15, 0.2) is 71.4 Å². The van der Waals surface area contributed by atoms with E-state index in [-0.39, 0.29) is 17.3 Å². The summed E-state index contributed by atoms with van der Waals surface area (Å²) in [6.45, 7) is 1.88. The van der Waals surface area contributed by atoms with Gasteiger partial charge in [0.05, 0.1) is 19.8 Å². The number of rotatable bonds is 6. The Bertz CT molecular complexity index is 1330. The molecule has 0 atom stereocenters. The van der Waals surface area contributed by atoms with Crippen molar-refractivity contribution in [1.82, 2.24) is 0 Å². The van der Waals surface area contributed by atoms with Gasteiger partial charge in [0, 0.05) is 10.6 Å². The van der Waals surface area contributed by atoms with Crippen LogP contribution in [0.4, 0.5) is 0 Å². The fourth-order valence-corrected chi connectivity index (χ4v) is 3.34. The second kappa shape index (κ2) is 9.80. The Morgan fingerprint density at radius 3 is 2.41 bits per heavy atom. The molecule has 1 heterocycles. The van der Waals surface area contributed by atoms with Crippen molar-refractivity contribution in [3.8, 4) is 17.2 Å². The summed E-state index contributed by atoms with van der Waals surface area (Å²) in [5.41, 5.74) is 2.61. The fourth-order valence-electron chi connectivity index (χ4n) is 3.16. The second-order valence-electron chi connectivity index (χ2n) is 7.33. The first-order valence-electron chi connectivity index (χ1n) is 10.2. The van der Waals surface area contributed by atoms with Gasteiger partial charge in [0.25, 0.3) is 0 Å². The molecule has 3 aromatic rings. The summed E-state index contributed by atoms with van der Waals surface area (Å²) in [6, 6.07) is 16.7. The maximum absolute atomic E-state index is 12.5. The molecular formula is C26H20ClNO6. The van der Waals surface area contributed by atoms with E-state index in [2.05, 4.69) is 4.99 Å². The second-order valence-corrected chi connectivity index (χ2v) is 7.74. The van der Waals surface area contributed by atoms with Crippen LogP contribution >= 0.6 is 11.6 Å². The largest absolute Gasteiger partial charge is 0.497 e. The molecule has 4 rings (SSSR count). The first-order chi connectivity index (χ1) is 16.4. The van der Waals surface area contributed by atoms with Crippen molar-refractivity contribution in [2.75, 3.05) is 14.2 Å². The van der Waals surface area contributed by atoms with Crippen LogP contribution in [-0.4, -0.2) is 32.1 Å². The van der Waals surface area contributed by atoms with Crippen molar-refractivity contribution in [1.29, 1.82) is 0 Å². The van der Waals surface area contributed by atoms with E-state index in [1.165, 1.54) is 7.11 Å². The minimum absolute atomic E-state index is 0.122. The van der Waals surface area contributed by atoms with Gasteiger partial charge in [-0.05, 0) is 72.7 Å². The van der Waals surface area contributed by atoms with Gasteiger partial charge < -0.3 is 18.9 Å². The number of carbonyl (C=O) groups excluding carboxylic acids is 2. The highest BCUT2D eigenvalue weighted by molar-refractivity contribution is 6.31. The predicted octanol–water partition coefficient (Wildman–Crippen LogP) is 5.23. The van der Waals surface area contributed by atoms with E-state index in [1.807, 2.05) is 13.0 Å². The molecular weight excluding hydrogens is 458 g/mol. The molecule has 0 aliphatic carbocycles. The lowest BCUT2D eigenvalue weighted by Gasteiger charge is -2.10. The maximum atomic E-state index is 12.5. The van der Waals surface area contributed by atoms with Gasteiger partial charge in [-0.1, -0.05) is 23.7 Å². The van der Waals surface area contributed by atoms with Gasteiger partial charge >= 0.3 is 11.9 Å². The number of hydrogen-bond donors (Lipinski definition) is 0. The van der Waals surface area contributed by atoms with Crippen LogP contribution in [0, 0.1) is 6.92 Å². The third-order valence-electron chi connectivity index (χ3n) is 5.06. The van der Waals surface area contributed by atoms with Crippen molar-refractivity contribution >= 4 is 35.5 Å². The number of halogens is 1. The van der Waals surface area contributed by atoms with Crippen LogP contribution in [0.3, 0.4) is 0 Å². The molecule has 34 heavy (non-hydrogen) atoms. The van der Waals surface area contributed by atoms with E-state index in [0.717, 1.165) is 5.56 Å². The Labute approximate surface area is 201 Å². The van der Waals surface area contributed by atoms with E-state index < -0.39 is 11.9 Å². The molecule has 0 radical (unpaired) electrons. The maximum Gasteiger partial charge on any atom is 0.363 e. The summed E-state index contributed by atoms with van der Waals surface area (Å²) in [5, 5.41) is 0.554. The lowest BCUT2D eigenvalue weighted by molar-refractivity contribution is -0.129. The van der Waals surface area contributed by atoms with E-state index in [1.54, 1.807) is 67.8 Å². The Balaban J connectivity index is 1.55. The smallest absolute Gasteiger partial charge is 0.363 e. The molecule has 1 aliphatic heterocycles. The summed E-state index contributed by atoms with van der Waals surface area (Å²) in [5.74, 6) is 0.233. The topological polar surface area (TPSA) is 83.4 Å². The van der Waals surface area contributed by atoms with Crippen molar-refractivity contribution in [3.05, 3.63) is 93.6 Å². The summed E-state index contributed by atoms with van der Waals surface area (Å²) >= 11 is 6.17. The Morgan fingerprint density at radius 2 is 1.74 bits per heavy atom. The van der Waals surface area contributed by atoms with E-state index in [4.69, 9.17) is 30.5 Å². The van der Waals surface area contributed by atoms with Gasteiger partial charge in [-0.2, -0.15) is 0 Å². The number of esters is 2. The molecule has 0 unspecified atom stereocenters. The number of aryl methyl sites for hydroxylation is 1. The van der Waals surface area contributed by atoms with Crippen molar-refractivity contribution in [2.24, 2.45) is 4.99 Å². The minimum atomic E-state index is -0.583. The summed E-state index contributed by atoms with van der Waals surface area (Å²) in [7, 11) is 3.00. The van der Waals surface area contributed by atoms with Crippen LogP contribution in [0.25, 0.3) is 6.08 Å². The van der Waals surface area contributed by atoms with E-state index >= 15 is 0 Å². The number of carbonyl (C=O) groups is 2. The zero-order valence-electron chi connectivity index (χ0n) is 18.6. The molecule has 0 saturated heterocycles. The molecule has 0 saturated carbocycles.